The number of halogens is 1. The fraction of sp³-hybridized carbons (Fsp3) is 0.107. The van der Waals surface area contributed by atoms with Crippen LogP contribution in [-0.2, 0) is 6.42 Å². The van der Waals surface area contributed by atoms with Crippen molar-refractivity contribution in [1.29, 1.82) is 0 Å². The van der Waals surface area contributed by atoms with Gasteiger partial charge in [-0.2, -0.15) is 5.10 Å². The lowest BCUT2D eigenvalue weighted by atomic mass is 10.0. The Kier molecular flexibility index (Phi) is 5.64. The van der Waals surface area contributed by atoms with Crippen molar-refractivity contribution in [1.82, 2.24) is 14.8 Å². The van der Waals surface area contributed by atoms with Crippen LogP contribution in [0.3, 0.4) is 0 Å². The third-order valence-electron chi connectivity index (χ3n) is 5.92. The first-order chi connectivity index (χ1) is 16.5. The van der Waals surface area contributed by atoms with Crippen LogP contribution in [0.25, 0.3) is 27.8 Å². The number of hydrogen-bond donors (Lipinski definition) is 1. The number of carbonyl (C=O) groups is 1. The van der Waals surface area contributed by atoms with Crippen molar-refractivity contribution in [3.63, 3.8) is 0 Å². The van der Waals surface area contributed by atoms with Crippen molar-refractivity contribution in [3.05, 3.63) is 108 Å². The molecule has 0 saturated heterocycles. The number of para-hydroxylation sites is 1. The van der Waals surface area contributed by atoms with Gasteiger partial charge in [0.25, 0.3) is 5.91 Å². The number of hydrogen-bond acceptors (Lipinski definition) is 3. The molecule has 1 amide bonds. The van der Waals surface area contributed by atoms with Crippen LogP contribution in [0.15, 0.2) is 85.1 Å². The normalized spacial score (nSPS) is 11.0. The number of benzene rings is 3. The molecule has 0 unspecified atom stereocenters. The zero-order chi connectivity index (χ0) is 23.7. The number of anilines is 1. The highest BCUT2D eigenvalue weighted by Crippen LogP contribution is 2.29. The molecule has 0 atom stereocenters. The first-order valence-electron chi connectivity index (χ1n) is 11.1. The van der Waals surface area contributed by atoms with Gasteiger partial charge in [-0.25, -0.2) is 14.1 Å². The first-order valence-corrected chi connectivity index (χ1v) is 11.1. The van der Waals surface area contributed by atoms with Crippen molar-refractivity contribution in [2.45, 2.75) is 20.3 Å². The summed E-state index contributed by atoms with van der Waals surface area (Å²) in [7, 11) is 0. The van der Waals surface area contributed by atoms with Gasteiger partial charge in [0.1, 0.15) is 5.82 Å². The Morgan fingerprint density at radius 3 is 2.56 bits per heavy atom. The van der Waals surface area contributed by atoms with Crippen LogP contribution in [0.4, 0.5) is 10.1 Å². The average molecular weight is 451 g/mol. The average Bonchev–Trinajstić information content (AvgIpc) is 3.24. The lowest BCUT2D eigenvalue weighted by molar-refractivity contribution is 0.102. The molecule has 0 bridgehead atoms. The zero-order valence-corrected chi connectivity index (χ0v) is 18.9. The molecule has 0 saturated carbocycles. The number of amides is 1. The number of aryl methyl sites for hydroxylation is 1. The summed E-state index contributed by atoms with van der Waals surface area (Å²) in [5, 5.41) is 8.11. The predicted octanol–water partition coefficient (Wildman–Crippen LogP) is 6.35. The molecule has 2 aromatic heterocycles. The minimum Gasteiger partial charge on any atom is -0.322 e. The van der Waals surface area contributed by atoms with Gasteiger partial charge >= 0.3 is 0 Å². The molecule has 1 N–H and O–H groups in total. The summed E-state index contributed by atoms with van der Waals surface area (Å²) in [5.74, 6) is -0.737. The fourth-order valence-corrected chi connectivity index (χ4v) is 4.06. The molecule has 2 heterocycles. The Balaban J connectivity index is 1.57. The Morgan fingerprint density at radius 2 is 1.79 bits per heavy atom. The van der Waals surface area contributed by atoms with E-state index in [0.717, 1.165) is 28.8 Å². The molecule has 168 valence electrons. The number of rotatable bonds is 5. The van der Waals surface area contributed by atoms with E-state index in [2.05, 4.69) is 29.5 Å². The van der Waals surface area contributed by atoms with Gasteiger partial charge in [0.15, 0.2) is 0 Å². The van der Waals surface area contributed by atoms with Gasteiger partial charge in [0, 0.05) is 16.6 Å². The maximum absolute atomic E-state index is 13.6. The summed E-state index contributed by atoms with van der Waals surface area (Å²) in [6, 6.07) is 23.4. The van der Waals surface area contributed by atoms with Crippen LogP contribution < -0.4 is 5.32 Å². The van der Waals surface area contributed by atoms with E-state index in [1.165, 1.54) is 17.7 Å². The standard InChI is InChI=1S/C28H23FN4O/c1-3-19-11-13-22(14-12-19)33-18(2)25(17-30-33)27-16-24(23-9-4-5-10-26(23)32-27)28(34)31-21-8-6-7-20(29)15-21/h4-17H,3H2,1-2H3,(H,31,34). The highest BCUT2D eigenvalue weighted by Gasteiger charge is 2.17. The molecule has 0 aliphatic heterocycles. The molecule has 0 aliphatic rings. The summed E-state index contributed by atoms with van der Waals surface area (Å²) < 4.78 is 15.5. The molecule has 6 heteroatoms. The molecule has 34 heavy (non-hydrogen) atoms. The van der Waals surface area contributed by atoms with Crippen LogP contribution >= 0.6 is 0 Å². The highest BCUT2D eigenvalue weighted by molar-refractivity contribution is 6.13. The molecule has 5 aromatic rings. The van der Waals surface area contributed by atoms with Crippen LogP contribution in [0.2, 0.25) is 0 Å². The lowest BCUT2D eigenvalue weighted by Crippen LogP contribution is -2.13. The van der Waals surface area contributed by atoms with Crippen molar-refractivity contribution in [2.75, 3.05) is 5.32 Å². The summed E-state index contributed by atoms with van der Waals surface area (Å²) >= 11 is 0. The Labute approximate surface area is 196 Å². The third-order valence-corrected chi connectivity index (χ3v) is 5.92. The van der Waals surface area contributed by atoms with Crippen molar-refractivity contribution in [2.24, 2.45) is 0 Å². The maximum Gasteiger partial charge on any atom is 0.256 e. The fourth-order valence-electron chi connectivity index (χ4n) is 4.06. The molecule has 0 fully saturated rings. The second-order valence-corrected chi connectivity index (χ2v) is 8.11. The van der Waals surface area contributed by atoms with Gasteiger partial charge in [-0.05, 0) is 61.4 Å². The van der Waals surface area contributed by atoms with Crippen LogP contribution in [0, 0.1) is 12.7 Å². The van der Waals surface area contributed by atoms with Crippen molar-refractivity contribution < 1.29 is 9.18 Å². The topological polar surface area (TPSA) is 59.8 Å². The van der Waals surface area contributed by atoms with Crippen molar-refractivity contribution >= 4 is 22.5 Å². The number of carbonyl (C=O) groups excluding carboxylic acids is 1. The molecule has 5 nitrogen and oxygen atoms in total. The molecule has 0 spiro atoms. The van der Waals surface area contributed by atoms with Crippen LogP contribution in [0.5, 0.6) is 0 Å². The molecule has 0 radical (unpaired) electrons. The minimum absolute atomic E-state index is 0.328. The number of fused-ring (bicyclic) bond motifs is 1. The third kappa shape index (κ3) is 4.06. The SMILES string of the molecule is CCc1ccc(-n2ncc(-c3cc(C(=O)Nc4cccc(F)c4)c4ccccc4n3)c2C)cc1. The van der Waals surface area contributed by atoms with E-state index < -0.39 is 5.82 Å². The molecular weight excluding hydrogens is 427 g/mol. The largest absolute Gasteiger partial charge is 0.322 e. The minimum atomic E-state index is -0.409. The Bertz CT molecular complexity index is 1510. The summed E-state index contributed by atoms with van der Waals surface area (Å²) in [4.78, 5) is 18.0. The Morgan fingerprint density at radius 1 is 1.00 bits per heavy atom. The van der Waals surface area contributed by atoms with E-state index in [1.807, 2.05) is 48.0 Å². The quantitative estimate of drug-likeness (QED) is 0.339. The smallest absolute Gasteiger partial charge is 0.256 e. The summed E-state index contributed by atoms with van der Waals surface area (Å²) in [6.45, 7) is 4.11. The second kappa shape index (κ2) is 8.90. The molecular formula is C28H23FN4O. The second-order valence-electron chi connectivity index (χ2n) is 8.11. The van der Waals surface area contributed by atoms with E-state index >= 15 is 0 Å². The number of aromatic nitrogens is 3. The van der Waals surface area contributed by atoms with Gasteiger partial charge in [0.05, 0.1) is 34.4 Å². The van der Waals surface area contributed by atoms with E-state index in [1.54, 1.807) is 24.4 Å². The molecule has 0 aliphatic carbocycles. The van der Waals surface area contributed by atoms with Crippen LogP contribution in [-0.4, -0.2) is 20.7 Å². The van der Waals surface area contributed by atoms with E-state index in [9.17, 15) is 9.18 Å². The Hall–Kier alpha value is -4.32. The maximum atomic E-state index is 13.6. The first kappa shape index (κ1) is 21.5. The van der Waals surface area contributed by atoms with Gasteiger partial charge < -0.3 is 5.32 Å². The van der Waals surface area contributed by atoms with Crippen molar-refractivity contribution in [3.8, 4) is 16.9 Å². The number of pyridine rings is 1. The van der Waals surface area contributed by atoms with E-state index in [0.29, 0.717) is 22.5 Å². The number of nitrogens with one attached hydrogen (secondary N) is 1. The monoisotopic (exact) mass is 450 g/mol. The zero-order valence-electron chi connectivity index (χ0n) is 18.9. The van der Waals surface area contributed by atoms with Gasteiger partial charge in [-0.15, -0.1) is 0 Å². The highest BCUT2D eigenvalue weighted by atomic mass is 19.1. The van der Waals surface area contributed by atoms with Gasteiger partial charge in [-0.3, -0.25) is 4.79 Å². The molecule has 5 rings (SSSR count). The summed E-state index contributed by atoms with van der Waals surface area (Å²) in [5.41, 5.74) is 6.19. The summed E-state index contributed by atoms with van der Waals surface area (Å²) in [6.07, 6.45) is 2.75. The van der Waals surface area contributed by atoms with Crippen LogP contribution in [0.1, 0.15) is 28.5 Å². The number of nitrogens with zero attached hydrogens (tertiary/aromatic N) is 3. The van der Waals surface area contributed by atoms with E-state index in [-0.39, 0.29) is 5.91 Å². The van der Waals surface area contributed by atoms with E-state index in [4.69, 9.17) is 4.98 Å². The molecule has 3 aromatic carbocycles. The lowest BCUT2D eigenvalue weighted by Gasteiger charge is -2.11. The van der Waals surface area contributed by atoms with Gasteiger partial charge in [0.2, 0.25) is 0 Å². The van der Waals surface area contributed by atoms with Gasteiger partial charge in [-0.1, -0.05) is 43.3 Å². The predicted molar refractivity (Wildman–Crippen MR) is 133 cm³/mol.